The van der Waals surface area contributed by atoms with Gasteiger partial charge in [-0.2, -0.15) is 5.10 Å². The number of furan rings is 1. The van der Waals surface area contributed by atoms with E-state index in [4.69, 9.17) is 4.42 Å². The van der Waals surface area contributed by atoms with Crippen LogP contribution in [0.5, 0.6) is 0 Å². The second-order valence-corrected chi connectivity index (χ2v) is 8.24. The summed E-state index contributed by atoms with van der Waals surface area (Å²) in [6.45, 7) is 3.50. The topological polar surface area (TPSA) is 77.0 Å². The number of hydrogen-bond donors (Lipinski definition) is 0. The molecule has 1 aliphatic heterocycles. The Labute approximate surface area is 158 Å². The highest BCUT2D eigenvalue weighted by atomic mass is 32.2. The lowest BCUT2D eigenvalue weighted by Crippen LogP contribution is -2.41. The van der Waals surface area contributed by atoms with Gasteiger partial charge in [0, 0.05) is 52.5 Å². The van der Waals surface area contributed by atoms with Crippen molar-refractivity contribution in [3.63, 3.8) is 0 Å². The molecule has 1 aromatic carbocycles. The fraction of sp³-hybridized carbons (Fsp3) is 0.316. The minimum Gasteiger partial charge on any atom is -0.450 e. The molecule has 0 saturated carbocycles. The van der Waals surface area contributed by atoms with E-state index < -0.39 is 10.8 Å². The first-order valence-electron chi connectivity index (χ1n) is 9.01. The Morgan fingerprint density at radius 3 is 3.04 bits per heavy atom. The number of aromatic nitrogens is 4. The quantitative estimate of drug-likeness (QED) is 0.543. The first-order chi connectivity index (χ1) is 13.2. The highest BCUT2D eigenvalue weighted by Gasteiger charge is 2.32. The number of fused-ring (bicyclic) bond motifs is 3. The number of aryl methyl sites for hydroxylation is 1. The van der Waals surface area contributed by atoms with Gasteiger partial charge in [-0.05, 0) is 19.1 Å². The molecule has 1 aliphatic rings. The molecule has 4 aromatic rings. The summed E-state index contributed by atoms with van der Waals surface area (Å²) in [5, 5.41) is 5.37. The highest BCUT2D eigenvalue weighted by molar-refractivity contribution is 7.85. The van der Waals surface area contributed by atoms with Crippen LogP contribution in [0, 0.1) is 0 Å². The summed E-state index contributed by atoms with van der Waals surface area (Å²) in [5.74, 6) is 1.92. The van der Waals surface area contributed by atoms with Crippen molar-refractivity contribution < 1.29 is 8.63 Å². The molecule has 0 radical (unpaired) electrons. The van der Waals surface area contributed by atoms with E-state index in [0.29, 0.717) is 23.6 Å². The normalized spacial score (nSPS) is 20.6. The van der Waals surface area contributed by atoms with Gasteiger partial charge in [-0.1, -0.05) is 12.1 Å². The van der Waals surface area contributed by atoms with Crippen LogP contribution in [-0.4, -0.2) is 42.0 Å². The summed E-state index contributed by atoms with van der Waals surface area (Å²) in [5.41, 5.74) is 3.34. The van der Waals surface area contributed by atoms with Gasteiger partial charge >= 0.3 is 0 Å². The molecule has 0 amide bonds. The number of benzene rings is 1. The average Bonchev–Trinajstić information content (AvgIpc) is 3.32. The molecular weight excluding hydrogens is 362 g/mol. The van der Waals surface area contributed by atoms with E-state index in [2.05, 4.69) is 26.9 Å². The van der Waals surface area contributed by atoms with E-state index in [1.165, 1.54) is 0 Å². The van der Waals surface area contributed by atoms with E-state index >= 15 is 0 Å². The molecule has 0 N–H and O–H groups in total. The molecule has 1 fully saturated rings. The van der Waals surface area contributed by atoms with Crippen LogP contribution in [0.3, 0.4) is 0 Å². The zero-order valence-electron chi connectivity index (χ0n) is 14.9. The molecule has 2 atom stereocenters. The minimum atomic E-state index is -0.859. The van der Waals surface area contributed by atoms with Crippen molar-refractivity contribution in [2.24, 2.45) is 0 Å². The summed E-state index contributed by atoms with van der Waals surface area (Å²) in [6.07, 6.45) is 5.47. The van der Waals surface area contributed by atoms with Gasteiger partial charge in [0.05, 0.1) is 12.2 Å². The molecule has 0 unspecified atom stereocenters. The second-order valence-electron chi connectivity index (χ2n) is 6.62. The van der Waals surface area contributed by atoms with Crippen molar-refractivity contribution in [1.29, 1.82) is 0 Å². The number of nitrogens with zero attached hydrogens (tertiary/aromatic N) is 5. The standard InChI is InChI=1S/C19H19N5O2S/c1-2-23-10-13(9-22-23)15-11-27(25)8-7-24(15)19-18-17(20-12-21-19)14-5-3-4-6-16(14)26-18/h3-6,9-10,12,15H,2,7-8,11H2,1H3/t15-,27+/m1/s1. The van der Waals surface area contributed by atoms with E-state index in [1.807, 2.05) is 41.3 Å². The predicted molar refractivity (Wildman–Crippen MR) is 105 cm³/mol. The molecule has 8 heteroatoms. The SMILES string of the molecule is CCn1cc([C@H]2C[S@@](=O)CCN2c2ncnc3c2oc2ccccc23)cn1. The number of rotatable bonds is 3. The zero-order valence-corrected chi connectivity index (χ0v) is 15.7. The van der Waals surface area contributed by atoms with E-state index in [1.54, 1.807) is 6.33 Å². The largest absolute Gasteiger partial charge is 0.450 e. The Morgan fingerprint density at radius 1 is 1.30 bits per heavy atom. The van der Waals surface area contributed by atoms with Gasteiger partial charge in [-0.25, -0.2) is 9.97 Å². The lowest BCUT2D eigenvalue weighted by molar-refractivity contribution is 0.616. The molecule has 7 nitrogen and oxygen atoms in total. The van der Waals surface area contributed by atoms with Crippen molar-refractivity contribution >= 4 is 38.7 Å². The summed E-state index contributed by atoms with van der Waals surface area (Å²) in [4.78, 5) is 11.2. The van der Waals surface area contributed by atoms with Gasteiger partial charge in [0.2, 0.25) is 0 Å². The molecule has 138 valence electrons. The molecule has 3 aromatic heterocycles. The van der Waals surface area contributed by atoms with Crippen molar-refractivity contribution in [3.05, 3.63) is 48.5 Å². The molecule has 0 aliphatic carbocycles. The highest BCUT2D eigenvalue weighted by Crippen LogP contribution is 2.36. The minimum absolute atomic E-state index is 0.0498. The van der Waals surface area contributed by atoms with E-state index in [0.717, 1.165) is 34.4 Å². The van der Waals surface area contributed by atoms with Crippen LogP contribution in [0.2, 0.25) is 0 Å². The lowest BCUT2D eigenvalue weighted by atomic mass is 10.1. The number of anilines is 1. The van der Waals surface area contributed by atoms with Crippen LogP contribution in [0.4, 0.5) is 5.82 Å². The van der Waals surface area contributed by atoms with Crippen molar-refractivity contribution in [2.45, 2.75) is 19.5 Å². The molecule has 27 heavy (non-hydrogen) atoms. The monoisotopic (exact) mass is 381 g/mol. The Bertz CT molecular complexity index is 1150. The van der Waals surface area contributed by atoms with E-state index in [9.17, 15) is 4.21 Å². The first-order valence-corrected chi connectivity index (χ1v) is 10.5. The Balaban J connectivity index is 1.65. The molecular formula is C19H19N5O2S. The smallest absolute Gasteiger partial charge is 0.196 e. The number of hydrogen-bond acceptors (Lipinski definition) is 6. The van der Waals surface area contributed by atoms with Crippen LogP contribution in [0.1, 0.15) is 18.5 Å². The van der Waals surface area contributed by atoms with Crippen LogP contribution in [-0.2, 0) is 17.3 Å². The maximum Gasteiger partial charge on any atom is 0.196 e. The summed E-state index contributed by atoms with van der Waals surface area (Å²) in [7, 11) is -0.859. The third-order valence-corrected chi connectivity index (χ3v) is 6.38. The molecule has 4 heterocycles. The van der Waals surface area contributed by atoms with Crippen molar-refractivity contribution in [3.8, 4) is 0 Å². The van der Waals surface area contributed by atoms with Crippen LogP contribution in [0.15, 0.2) is 47.4 Å². The maximum absolute atomic E-state index is 12.3. The lowest BCUT2D eigenvalue weighted by Gasteiger charge is -2.35. The van der Waals surface area contributed by atoms with Crippen molar-refractivity contribution in [2.75, 3.05) is 23.0 Å². The van der Waals surface area contributed by atoms with Gasteiger partial charge in [-0.3, -0.25) is 8.89 Å². The average molecular weight is 381 g/mol. The first kappa shape index (κ1) is 16.4. The molecule has 1 saturated heterocycles. The molecule has 5 rings (SSSR count). The molecule has 0 bridgehead atoms. The third kappa shape index (κ3) is 2.71. The van der Waals surface area contributed by atoms with Crippen LogP contribution < -0.4 is 4.90 Å². The predicted octanol–water partition coefficient (Wildman–Crippen LogP) is 2.90. The number of para-hydroxylation sites is 1. The van der Waals surface area contributed by atoms with Gasteiger partial charge in [0.15, 0.2) is 11.4 Å². The Hall–Kier alpha value is -2.74. The fourth-order valence-corrected chi connectivity index (χ4v) is 4.97. The van der Waals surface area contributed by atoms with Crippen molar-refractivity contribution in [1.82, 2.24) is 19.7 Å². The fourth-order valence-electron chi connectivity index (χ4n) is 3.68. The van der Waals surface area contributed by atoms with Gasteiger partial charge in [0.1, 0.15) is 17.4 Å². The molecule has 0 spiro atoms. The summed E-state index contributed by atoms with van der Waals surface area (Å²) in [6, 6.07) is 7.82. The van der Waals surface area contributed by atoms with Gasteiger partial charge < -0.3 is 9.32 Å². The maximum atomic E-state index is 12.3. The van der Waals surface area contributed by atoms with Gasteiger partial charge in [0.25, 0.3) is 0 Å². The van der Waals surface area contributed by atoms with Crippen LogP contribution >= 0.6 is 0 Å². The third-order valence-electron chi connectivity index (χ3n) is 5.05. The van der Waals surface area contributed by atoms with Gasteiger partial charge in [-0.15, -0.1) is 0 Å². The Kier molecular flexibility index (Phi) is 3.93. The zero-order chi connectivity index (χ0) is 18.4. The summed E-state index contributed by atoms with van der Waals surface area (Å²) >= 11 is 0. The van der Waals surface area contributed by atoms with E-state index in [-0.39, 0.29) is 6.04 Å². The van der Waals surface area contributed by atoms with Crippen LogP contribution in [0.25, 0.3) is 22.1 Å². The second kappa shape index (κ2) is 6.45. The Morgan fingerprint density at radius 2 is 2.19 bits per heavy atom. The summed E-state index contributed by atoms with van der Waals surface area (Å²) < 4.78 is 20.3.